The Morgan fingerprint density at radius 3 is 2.57 bits per heavy atom. The van der Waals surface area contributed by atoms with Gasteiger partial charge in [-0.25, -0.2) is 13.4 Å². The molecule has 8 heteroatoms. The van der Waals surface area contributed by atoms with Crippen molar-refractivity contribution in [2.24, 2.45) is 11.8 Å². The van der Waals surface area contributed by atoms with E-state index in [1.807, 2.05) is 32.6 Å². The molecule has 1 saturated heterocycles. The number of anilines is 1. The molecule has 0 unspecified atom stereocenters. The highest BCUT2D eigenvalue weighted by molar-refractivity contribution is 7.89. The standard InChI is InChI=1S/C22H36N4O3S/c1-7-25(15(4)5)21-20(11-10-16(6)23-21)30(28,29)26-12-8-9-19(26)22(27)24-18-13-17(18)14(2)3/h10-11,14-15,17-19H,7-9,12-13H2,1-6H3,(H,24,27)/t17-,18+,19-/m0/s1. The highest BCUT2D eigenvalue weighted by Gasteiger charge is 2.45. The number of amides is 1. The van der Waals surface area contributed by atoms with Gasteiger partial charge in [-0.05, 0) is 70.9 Å². The van der Waals surface area contributed by atoms with Crippen LogP contribution in [0, 0.1) is 18.8 Å². The first-order valence-electron chi connectivity index (χ1n) is 11.1. The number of pyridine rings is 1. The molecule has 7 nitrogen and oxygen atoms in total. The van der Waals surface area contributed by atoms with Crippen molar-refractivity contribution >= 4 is 21.7 Å². The van der Waals surface area contributed by atoms with E-state index in [9.17, 15) is 13.2 Å². The first-order chi connectivity index (χ1) is 14.1. The highest BCUT2D eigenvalue weighted by Crippen LogP contribution is 2.38. The van der Waals surface area contributed by atoms with Crippen molar-refractivity contribution in [3.63, 3.8) is 0 Å². The molecule has 0 aromatic carbocycles. The summed E-state index contributed by atoms with van der Waals surface area (Å²) in [5, 5.41) is 3.09. The largest absolute Gasteiger partial charge is 0.353 e. The van der Waals surface area contributed by atoms with E-state index in [2.05, 4.69) is 24.1 Å². The van der Waals surface area contributed by atoms with Crippen LogP contribution in [0.4, 0.5) is 5.82 Å². The van der Waals surface area contributed by atoms with Gasteiger partial charge in [0.25, 0.3) is 0 Å². The monoisotopic (exact) mass is 436 g/mol. The molecule has 3 rings (SSSR count). The van der Waals surface area contributed by atoms with E-state index in [-0.39, 0.29) is 22.9 Å². The van der Waals surface area contributed by atoms with Crippen LogP contribution in [-0.2, 0) is 14.8 Å². The summed E-state index contributed by atoms with van der Waals surface area (Å²) < 4.78 is 28.7. The summed E-state index contributed by atoms with van der Waals surface area (Å²) in [7, 11) is -3.85. The number of aromatic nitrogens is 1. The topological polar surface area (TPSA) is 82.6 Å². The van der Waals surface area contributed by atoms with E-state index in [0.29, 0.717) is 43.6 Å². The molecule has 2 heterocycles. The summed E-state index contributed by atoms with van der Waals surface area (Å²) in [5.41, 5.74) is 0.771. The molecule has 3 atom stereocenters. The first-order valence-corrected chi connectivity index (χ1v) is 12.6. The van der Waals surface area contributed by atoms with Crippen LogP contribution in [-0.4, -0.2) is 54.8 Å². The fraction of sp³-hybridized carbons (Fsp3) is 0.727. The lowest BCUT2D eigenvalue weighted by Gasteiger charge is -2.30. The average Bonchev–Trinajstić information content (AvgIpc) is 3.24. The summed E-state index contributed by atoms with van der Waals surface area (Å²) in [6.45, 7) is 13.2. The molecular formula is C22H36N4O3S. The third-order valence-electron chi connectivity index (χ3n) is 6.33. The minimum Gasteiger partial charge on any atom is -0.353 e. The normalized spacial score (nSPS) is 24.5. The van der Waals surface area contributed by atoms with Gasteiger partial charge in [0.2, 0.25) is 15.9 Å². The van der Waals surface area contributed by atoms with Gasteiger partial charge in [0.15, 0.2) is 0 Å². The predicted molar refractivity (Wildman–Crippen MR) is 119 cm³/mol. The van der Waals surface area contributed by atoms with Crippen LogP contribution in [0.2, 0.25) is 0 Å². The Morgan fingerprint density at radius 1 is 1.30 bits per heavy atom. The zero-order chi connectivity index (χ0) is 22.2. The van der Waals surface area contributed by atoms with Crippen molar-refractivity contribution < 1.29 is 13.2 Å². The highest BCUT2D eigenvalue weighted by atomic mass is 32.2. The number of rotatable bonds is 8. The lowest BCUT2D eigenvalue weighted by atomic mass is 10.1. The van der Waals surface area contributed by atoms with E-state index >= 15 is 0 Å². The molecule has 1 aromatic rings. The van der Waals surface area contributed by atoms with E-state index in [1.54, 1.807) is 12.1 Å². The van der Waals surface area contributed by atoms with Crippen LogP contribution in [0.1, 0.15) is 59.6 Å². The maximum absolute atomic E-state index is 13.7. The fourth-order valence-corrected chi connectivity index (χ4v) is 6.30. The molecule has 2 aliphatic rings. The zero-order valence-electron chi connectivity index (χ0n) is 19.1. The molecule has 0 spiro atoms. The molecule has 168 valence electrons. The summed E-state index contributed by atoms with van der Waals surface area (Å²) in [6.07, 6.45) is 2.22. The van der Waals surface area contributed by atoms with Gasteiger partial charge in [-0.2, -0.15) is 4.31 Å². The maximum atomic E-state index is 13.7. The van der Waals surface area contributed by atoms with Crippen LogP contribution in [0.15, 0.2) is 17.0 Å². The number of hydrogen-bond donors (Lipinski definition) is 1. The van der Waals surface area contributed by atoms with E-state index in [0.717, 1.165) is 12.1 Å². The third kappa shape index (κ3) is 4.49. The fourth-order valence-electron chi connectivity index (χ4n) is 4.51. The molecule has 30 heavy (non-hydrogen) atoms. The van der Waals surface area contributed by atoms with Crippen LogP contribution >= 0.6 is 0 Å². The second-order valence-corrected chi connectivity index (χ2v) is 11.0. The number of hydrogen-bond acceptors (Lipinski definition) is 5. The van der Waals surface area contributed by atoms with Gasteiger partial charge in [0.1, 0.15) is 16.8 Å². The molecule has 1 aliphatic heterocycles. The second-order valence-electron chi connectivity index (χ2n) is 9.19. The third-order valence-corrected chi connectivity index (χ3v) is 8.26. The van der Waals surface area contributed by atoms with Gasteiger partial charge in [0.05, 0.1) is 0 Å². The van der Waals surface area contributed by atoms with Gasteiger partial charge in [-0.15, -0.1) is 0 Å². The van der Waals surface area contributed by atoms with Gasteiger partial charge < -0.3 is 10.2 Å². The van der Waals surface area contributed by atoms with Crippen molar-refractivity contribution in [1.82, 2.24) is 14.6 Å². The smallest absolute Gasteiger partial charge is 0.247 e. The van der Waals surface area contributed by atoms with Crippen molar-refractivity contribution in [3.05, 3.63) is 17.8 Å². The zero-order valence-corrected chi connectivity index (χ0v) is 19.9. The van der Waals surface area contributed by atoms with Gasteiger partial charge >= 0.3 is 0 Å². The molecule has 1 amide bonds. The van der Waals surface area contributed by atoms with Gasteiger partial charge in [0, 0.05) is 30.9 Å². The Morgan fingerprint density at radius 2 is 2.00 bits per heavy atom. The Labute approximate surface area is 181 Å². The van der Waals surface area contributed by atoms with Gasteiger partial charge in [-0.3, -0.25) is 4.79 Å². The molecule has 0 bridgehead atoms. The Balaban J connectivity index is 1.88. The Hall–Kier alpha value is -1.67. The van der Waals surface area contributed by atoms with Crippen molar-refractivity contribution in [1.29, 1.82) is 0 Å². The van der Waals surface area contributed by atoms with Gasteiger partial charge in [-0.1, -0.05) is 13.8 Å². The van der Waals surface area contributed by atoms with Crippen molar-refractivity contribution in [3.8, 4) is 0 Å². The van der Waals surface area contributed by atoms with Crippen LogP contribution in [0.5, 0.6) is 0 Å². The van der Waals surface area contributed by atoms with E-state index in [1.165, 1.54) is 4.31 Å². The SMILES string of the molecule is CCN(c1nc(C)ccc1S(=O)(=O)N1CCC[C@H]1C(=O)N[C@@H]1C[C@H]1C(C)C)C(C)C. The second kappa shape index (κ2) is 8.83. The molecule has 2 fully saturated rings. The lowest BCUT2D eigenvalue weighted by molar-refractivity contribution is -0.124. The quantitative estimate of drug-likeness (QED) is 0.677. The number of carbonyl (C=O) groups excluding carboxylic acids is 1. The van der Waals surface area contributed by atoms with Crippen molar-refractivity contribution in [2.75, 3.05) is 18.0 Å². The molecule has 1 aromatic heterocycles. The van der Waals surface area contributed by atoms with Crippen molar-refractivity contribution in [2.45, 2.75) is 83.8 Å². The van der Waals surface area contributed by atoms with Crippen LogP contribution in [0.3, 0.4) is 0 Å². The number of nitrogens with zero attached hydrogens (tertiary/aromatic N) is 3. The number of carbonyl (C=O) groups is 1. The van der Waals surface area contributed by atoms with E-state index < -0.39 is 16.1 Å². The summed E-state index contributed by atoms with van der Waals surface area (Å²) in [4.78, 5) is 19.7. The minimum atomic E-state index is -3.85. The number of aryl methyl sites for hydroxylation is 1. The van der Waals surface area contributed by atoms with Crippen LogP contribution in [0.25, 0.3) is 0 Å². The molecular weight excluding hydrogens is 400 g/mol. The molecule has 1 saturated carbocycles. The Kier molecular flexibility index (Phi) is 6.77. The van der Waals surface area contributed by atoms with E-state index in [4.69, 9.17) is 0 Å². The molecule has 1 N–H and O–H groups in total. The Bertz CT molecular complexity index is 884. The molecule has 0 radical (unpaired) electrons. The average molecular weight is 437 g/mol. The lowest BCUT2D eigenvalue weighted by Crippen LogP contribution is -2.47. The predicted octanol–water partition coefficient (Wildman–Crippen LogP) is 2.94. The number of sulfonamides is 1. The van der Waals surface area contributed by atoms with Crippen LogP contribution < -0.4 is 10.2 Å². The summed E-state index contributed by atoms with van der Waals surface area (Å²) in [6, 6.07) is 3.01. The minimum absolute atomic E-state index is 0.110. The summed E-state index contributed by atoms with van der Waals surface area (Å²) in [5.74, 6) is 1.33. The first kappa shape index (κ1) is 23.0. The maximum Gasteiger partial charge on any atom is 0.247 e. The summed E-state index contributed by atoms with van der Waals surface area (Å²) >= 11 is 0. The molecule has 1 aliphatic carbocycles. The number of nitrogens with one attached hydrogen (secondary N) is 1.